The molecule has 1 fully saturated rings. The lowest BCUT2D eigenvalue weighted by atomic mass is 9.85. The predicted octanol–water partition coefficient (Wildman–Crippen LogP) is 0.0512. The lowest BCUT2D eigenvalue weighted by Crippen LogP contribution is -2.52. The molecule has 2 amide bonds. The molecule has 0 radical (unpaired) electrons. The molecule has 0 aromatic carbocycles. The molecule has 2 rings (SSSR count). The number of amides is 2. The SMILES string of the molecule is CN(Cc1cnn(C)c1)C(=O)NC1COCC1(C)C(=O)O. The van der Waals surface area contributed by atoms with Gasteiger partial charge in [0.25, 0.3) is 0 Å². The summed E-state index contributed by atoms with van der Waals surface area (Å²) in [6, 6.07) is -0.874. The zero-order valence-electron chi connectivity index (χ0n) is 12.4. The second kappa shape index (κ2) is 5.72. The molecule has 21 heavy (non-hydrogen) atoms. The fourth-order valence-electron chi connectivity index (χ4n) is 2.24. The molecule has 0 saturated carbocycles. The summed E-state index contributed by atoms with van der Waals surface area (Å²) in [7, 11) is 3.45. The van der Waals surface area contributed by atoms with Gasteiger partial charge in [0, 0.05) is 25.9 Å². The number of nitrogens with one attached hydrogen (secondary N) is 1. The zero-order valence-corrected chi connectivity index (χ0v) is 12.4. The van der Waals surface area contributed by atoms with Crippen molar-refractivity contribution in [2.24, 2.45) is 12.5 Å². The fraction of sp³-hybridized carbons (Fsp3) is 0.615. The van der Waals surface area contributed by atoms with E-state index in [2.05, 4.69) is 10.4 Å². The minimum absolute atomic E-state index is 0.0968. The first-order valence-electron chi connectivity index (χ1n) is 6.63. The van der Waals surface area contributed by atoms with Gasteiger partial charge in [0.2, 0.25) is 0 Å². The summed E-state index contributed by atoms with van der Waals surface area (Å²) in [4.78, 5) is 25.0. The maximum Gasteiger partial charge on any atom is 0.317 e. The van der Waals surface area contributed by atoms with E-state index in [4.69, 9.17) is 4.74 Å². The number of aryl methyl sites for hydroxylation is 1. The van der Waals surface area contributed by atoms with Gasteiger partial charge in [-0.3, -0.25) is 9.48 Å². The molecule has 1 aliphatic rings. The van der Waals surface area contributed by atoms with E-state index in [1.165, 1.54) is 4.90 Å². The smallest absolute Gasteiger partial charge is 0.317 e. The highest BCUT2D eigenvalue weighted by Crippen LogP contribution is 2.28. The van der Waals surface area contributed by atoms with Gasteiger partial charge in [-0.2, -0.15) is 5.10 Å². The molecule has 2 N–H and O–H groups in total. The zero-order chi connectivity index (χ0) is 15.6. The van der Waals surface area contributed by atoms with Crippen LogP contribution in [0.1, 0.15) is 12.5 Å². The number of aromatic nitrogens is 2. The summed E-state index contributed by atoms with van der Waals surface area (Å²) in [5.41, 5.74) is -0.191. The molecule has 0 aliphatic carbocycles. The van der Waals surface area contributed by atoms with Crippen LogP contribution in [0, 0.1) is 5.41 Å². The molecule has 1 aliphatic heterocycles. The molecule has 0 bridgehead atoms. The third-order valence-electron chi connectivity index (χ3n) is 3.77. The van der Waals surface area contributed by atoms with E-state index in [1.807, 2.05) is 6.20 Å². The molecule has 2 atom stereocenters. The maximum atomic E-state index is 12.2. The minimum Gasteiger partial charge on any atom is -0.481 e. The Labute approximate surface area is 122 Å². The Morgan fingerprint density at radius 2 is 2.38 bits per heavy atom. The largest absolute Gasteiger partial charge is 0.481 e. The Hall–Kier alpha value is -2.09. The van der Waals surface area contributed by atoms with Crippen molar-refractivity contribution in [2.45, 2.75) is 19.5 Å². The summed E-state index contributed by atoms with van der Waals surface area (Å²) < 4.78 is 6.87. The third kappa shape index (κ3) is 3.15. The van der Waals surface area contributed by atoms with Crippen molar-refractivity contribution < 1.29 is 19.4 Å². The molecular weight excluding hydrogens is 276 g/mol. The highest BCUT2D eigenvalue weighted by atomic mass is 16.5. The van der Waals surface area contributed by atoms with E-state index in [1.54, 1.807) is 31.9 Å². The van der Waals surface area contributed by atoms with Crippen molar-refractivity contribution in [3.63, 3.8) is 0 Å². The second-order valence-corrected chi connectivity index (χ2v) is 5.62. The average molecular weight is 296 g/mol. The standard InChI is InChI=1S/C13H20N4O4/c1-13(11(18)19)8-21-7-10(13)15-12(20)16(2)5-9-4-14-17(3)6-9/h4,6,10H,5,7-8H2,1-3H3,(H,15,20)(H,18,19). The van der Waals surface area contributed by atoms with Gasteiger partial charge >= 0.3 is 12.0 Å². The normalized spacial score (nSPS) is 24.8. The summed E-state index contributed by atoms with van der Waals surface area (Å²) >= 11 is 0. The minimum atomic E-state index is -1.09. The quantitative estimate of drug-likeness (QED) is 0.818. The molecule has 1 aromatic rings. The van der Waals surface area contributed by atoms with Gasteiger partial charge in [0.1, 0.15) is 5.41 Å². The van der Waals surface area contributed by atoms with Crippen LogP contribution < -0.4 is 5.32 Å². The predicted molar refractivity (Wildman–Crippen MR) is 73.6 cm³/mol. The van der Waals surface area contributed by atoms with Crippen molar-refractivity contribution >= 4 is 12.0 Å². The van der Waals surface area contributed by atoms with Crippen molar-refractivity contribution in [1.82, 2.24) is 20.0 Å². The monoisotopic (exact) mass is 296 g/mol. The number of ether oxygens (including phenoxy) is 1. The van der Waals surface area contributed by atoms with Crippen LogP contribution in [0.15, 0.2) is 12.4 Å². The highest BCUT2D eigenvalue weighted by molar-refractivity contribution is 5.79. The first kappa shape index (κ1) is 15.3. The number of urea groups is 1. The van der Waals surface area contributed by atoms with Crippen LogP contribution in [0.4, 0.5) is 4.79 Å². The number of aliphatic carboxylic acids is 1. The summed E-state index contributed by atoms with van der Waals surface area (Å²) in [6.07, 6.45) is 3.51. The molecule has 8 heteroatoms. The number of carbonyl (C=O) groups is 2. The van der Waals surface area contributed by atoms with Crippen LogP contribution in [0.5, 0.6) is 0 Å². The summed E-state index contributed by atoms with van der Waals surface area (Å²) in [5.74, 6) is -0.972. The molecule has 2 unspecified atom stereocenters. The molecular formula is C13H20N4O4. The number of hydrogen-bond donors (Lipinski definition) is 2. The first-order chi connectivity index (χ1) is 9.83. The van der Waals surface area contributed by atoms with E-state index in [9.17, 15) is 14.7 Å². The van der Waals surface area contributed by atoms with Crippen LogP contribution >= 0.6 is 0 Å². The van der Waals surface area contributed by atoms with E-state index < -0.39 is 17.4 Å². The third-order valence-corrected chi connectivity index (χ3v) is 3.77. The second-order valence-electron chi connectivity index (χ2n) is 5.62. The highest BCUT2D eigenvalue weighted by Gasteiger charge is 2.47. The summed E-state index contributed by atoms with van der Waals surface area (Å²) in [5, 5.41) is 16.0. The number of carbonyl (C=O) groups excluding carboxylic acids is 1. The fourth-order valence-corrected chi connectivity index (χ4v) is 2.24. The lowest BCUT2D eigenvalue weighted by molar-refractivity contribution is -0.148. The first-order valence-corrected chi connectivity index (χ1v) is 6.63. The van der Waals surface area contributed by atoms with E-state index in [0.717, 1.165) is 5.56 Å². The Balaban J connectivity index is 1.96. The van der Waals surface area contributed by atoms with Crippen molar-refractivity contribution in [3.05, 3.63) is 18.0 Å². The van der Waals surface area contributed by atoms with Gasteiger partial charge < -0.3 is 20.1 Å². The van der Waals surface area contributed by atoms with E-state index in [0.29, 0.717) is 6.54 Å². The molecule has 0 spiro atoms. The molecule has 1 saturated heterocycles. The van der Waals surface area contributed by atoms with Gasteiger partial charge in [-0.25, -0.2) is 4.79 Å². The van der Waals surface area contributed by atoms with Gasteiger partial charge in [0.15, 0.2) is 0 Å². The van der Waals surface area contributed by atoms with Gasteiger partial charge in [-0.1, -0.05) is 0 Å². The van der Waals surface area contributed by atoms with Gasteiger partial charge in [-0.05, 0) is 6.92 Å². The summed E-state index contributed by atoms with van der Waals surface area (Å²) in [6.45, 7) is 2.28. The van der Waals surface area contributed by atoms with Crippen molar-refractivity contribution in [3.8, 4) is 0 Å². The van der Waals surface area contributed by atoms with Gasteiger partial charge in [0.05, 0.1) is 32.0 Å². The van der Waals surface area contributed by atoms with Gasteiger partial charge in [-0.15, -0.1) is 0 Å². The Morgan fingerprint density at radius 3 is 2.95 bits per heavy atom. The molecule has 1 aromatic heterocycles. The van der Waals surface area contributed by atoms with Crippen molar-refractivity contribution in [2.75, 3.05) is 20.3 Å². The van der Waals surface area contributed by atoms with Crippen LogP contribution in [0.25, 0.3) is 0 Å². The number of nitrogens with zero attached hydrogens (tertiary/aromatic N) is 3. The van der Waals surface area contributed by atoms with E-state index in [-0.39, 0.29) is 19.2 Å². The van der Waals surface area contributed by atoms with E-state index >= 15 is 0 Å². The van der Waals surface area contributed by atoms with Crippen LogP contribution in [0.2, 0.25) is 0 Å². The number of carboxylic acid groups (broad SMARTS) is 1. The lowest BCUT2D eigenvalue weighted by Gasteiger charge is -2.27. The average Bonchev–Trinajstić information content (AvgIpc) is 2.97. The van der Waals surface area contributed by atoms with Crippen LogP contribution in [-0.4, -0.2) is 58.1 Å². The molecule has 8 nitrogen and oxygen atoms in total. The Morgan fingerprint density at radius 1 is 1.67 bits per heavy atom. The number of hydrogen-bond acceptors (Lipinski definition) is 4. The Kier molecular flexibility index (Phi) is 4.17. The maximum absolute atomic E-state index is 12.2. The number of carboxylic acids is 1. The number of rotatable bonds is 4. The topological polar surface area (TPSA) is 96.7 Å². The molecule has 2 heterocycles. The Bertz CT molecular complexity index is 544. The molecule has 116 valence electrons. The van der Waals surface area contributed by atoms with Crippen molar-refractivity contribution in [1.29, 1.82) is 0 Å². The van der Waals surface area contributed by atoms with Crippen LogP contribution in [0.3, 0.4) is 0 Å². The van der Waals surface area contributed by atoms with Crippen LogP contribution in [-0.2, 0) is 23.1 Å².